The minimum atomic E-state index is 0.694. The highest BCUT2D eigenvalue weighted by molar-refractivity contribution is 7.99. The maximum absolute atomic E-state index is 9.26. The first-order valence-corrected chi connectivity index (χ1v) is 7.36. The summed E-state index contributed by atoms with van der Waals surface area (Å²) in [5.74, 6) is 1.72. The Morgan fingerprint density at radius 1 is 1.25 bits per heavy atom. The van der Waals surface area contributed by atoms with E-state index in [1.54, 1.807) is 22.5 Å². The average molecular weight is 278 g/mol. The molecule has 3 aromatic rings. The molecule has 1 aromatic carbocycles. The average Bonchev–Trinajstić information content (AvgIpc) is 3.13. The van der Waals surface area contributed by atoms with Crippen molar-refractivity contribution >= 4 is 17.4 Å². The van der Waals surface area contributed by atoms with Crippen LogP contribution in [0.1, 0.15) is 11.1 Å². The third-order valence-corrected chi connectivity index (χ3v) is 4.59. The lowest BCUT2D eigenvalue weighted by Crippen LogP contribution is -1.95. The molecule has 5 heteroatoms. The van der Waals surface area contributed by atoms with Crippen LogP contribution in [-0.4, -0.2) is 20.4 Å². The van der Waals surface area contributed by atoms with Gasteiger partial charge < -0.3 is 0 Å². The van der Waals surface area contributed by atoms with Gasteiger partial charge in [0.2, 0.25) is 0 Å². The van der Waals surface area contributed by atoms with Crippen LogP contribution in [0, 0.1) is 11.3 Å². The maximum Gasteiger partial charge on any atom is 0.182 e. The highest BCUT2D eigenvalue weighted by atomic mass is 32.2. The number of nitriles is 1. The number of hydrogen-bond donors (Lipinski definition) is 0. The number of thioether (sulfide) groups is 1. The molecule has 0 saturated heterocycles. The fraction of sp³-hybridized carbons (Fsp3) is 0.133. The SMILES string of the molecule is N#Cc1cn2nc(-c3ccccc3)nc2c2c1SCC2. The van der Waals surface area contributed by atoms with Crippen LogP contribution in [0.15, 0.2) is 41.4 Å². The summed E-state index contributed by atoms with van der Waals surface area (Å²) in [5, 5.41) is 13.8. The molecular formula is C15H10N4S. The van der Waals surface area contributed by atoms with E-state index in [1.807, 2.05) is 30.3 Å². The second kappa shape index (κ2) is 4.36. The Bertz CT molecular complexity index is 846. The predicted octanol–water partition coefficient (Wildman–Crippen LogP) is 2.92. The van der Waals surface area contributed by atoms with E-state index in [2.05, 4.69) is 16.2 Å². The first kappa shape index (κ1) is 11.5. The molecular weight excluding hydrogens is 268 g/mol. The number of nitrogens with zero attached hydrogens (tertiary/aromatic N) is 4. The van der Waals surface area contributed by atoms with E-state index in [4.69, 9.17) is 0 Å². The molecule has 1 aliphatic rings. The lowest BCUT2D eigenvalue weighted by atomic mass is 10.1. The lowest BCUT2D eigenvalue weighted by Gasteiger charge is -2.01. The molecule has 0 saturated carbocycles. The molecule has 0 radical (unpaired) electrons. The van der Waals surface area contributed by atoms with Crippen LogP contribution >= 0.6 is 11.8 Å². The molecule has 0 bridgehead atoms. The molecule has 0 atom stereocenters. The summed E-state index contributed by atoms with van der Waals surface area (Å²) in [4.78, 5) is 5.74. The van der Waals surface area contributed by atoms with Gasteiger partial charge in [-0.05, 0) is 6.42 Å². The van der Waals surface area contributed by atoms with Crippen molar-refractivity contribution < 1.29 is 0 Å². The Morgan fingerprint density at radius 3 is 2.90 bits per heavy atom. The van der Waals surface area contributed by atoms with Gasteiger partial charge in [-0.1, -0.05) is 30.3 Å². The fourth-order valence-corrected chi connectivity index (χ4v) is 3.63. The van der Waals surface area contributed by atoms with E-state index in [9.17, 15) is 5.26 Å². The van der Waals surface area contributed by atoms with Crippen molar-refractivity contribution in [3.8, 4) is 17.5 Å². The Kier molecular flexibility index (Phi) is 2.51. The topological polar surface area (TPSA) is 54.0 Å². The van der Waals surface area contributed by atoms with Gasteiger partial charge in [-0.3, -0.25) is 0 Å². The third-order valence-electron chi connectivity index (χ3n) is 3.42. The molecule has 0 fully saturated rings. The maximum atomic E-state index is 9.26. The molecule has 4 rings (SSSR count). The van der Waals surface area contributed by atoms with Gasteiger partial charge in [-0.2, -0.15) is 5.26 Å². The number of benzene rings is 1. The van der Waals surface area contributed by atoms with Crippen LogP contribution in [0.5, 0.6) is 0 Å². The molecule has 0 amide bonds. The van der Waals surface area contributed by atoms with Crippen LogP contribution in [0.3, 0.4) is 0 Å². The monoisotopic (exact) mass is 278 g/mol. The minimum Gasteiger partial charge on any atom is -0.219 e. The van der Waals surface area contributed by atoms with Gasteiger partial charge in [-0.15, -0.1) is 16.9 Å². The van der Waals surface area contributed by atoms with Crippen molar-refractivity contribution in [1.29, 1.82) is 5.26 Å². The number of fused-ring (bicyclic) bond motifs is 3. The zero-order chi connectivity index (χ0) is 13.5. The zero-order valence-corrected chi connectivity index (χ0v) is 11.4. The summed E-state index contributed by atoms with van der Waals surface area (Å²) >= 11 is 1.74. The largest absolute Gasteiger partial charge is 0.219 e. The first-order chi connectivity index (χ1) is 9.86. The van der Waals surface area contributed by atoms with Gasteiger partial charge in [0.1, 0.15) is 6.07 Å². The van der Waals surface area contributed by atoms with E-state index in [-0.39, 0.29) is 0 Å². The molecule has 3 heterocycles. The Hall–Kier alpha value is -2.32. The van der Waals surface area contributed by atoms with E-state index in [0.29, 0.717) is 11.4 Å². The number of aromatic nitrogens is 3. The van der Waals surface area contributed by atoms with Crippen molar-refractivity contribution in [2.45, 2.75) is 11.3 Å². The van der Waals surface area contributed by atoms with Crippen LogP contribution < -0.4 is 0 Å². The van der Waals surface area contributed by atoms with Gasteiger partial charge in [0.25, 0.3) is 0 Å². The van der Waals surface area contributed by atoms with Gasteiger partial charge in [0, 0.05) is 28.0 Å². The zero-order valence-electron chi connectivity index (χ0n) is 10.6. The lowest BCUT2D eigenvalue weighted by molar-refractivity contribution is 0.936. The predicted molar refractivity (Wildman–Crippen MR) is 77.6 cm³/mol. The van der Waals surface area contributed by atoms with Crippen LogP contribution in [0.2, 0.25) is 0 Å². The highest BCUT2D eigenvalue weighted by Gasteiger charge is 2.22. The summed E-state index contributed by atoms with van der Waals surface area (Å²) in [5.41, 5.74) is 3.72. The molecule has 0 N–H and O–H groups in total. The molecule has 0 aliphatic carbocycles. The van der Waals surface area contributed by atoms with Crippen molar-refractivity contribution in [3.63, 3.8) is 0 Å². The molecule has 96 valence electrons. The van der Waals surface area contributed by atoms with Crippen LogP contribution in [0.25, 0.3) is 17.0 Å². The molecule has 0 spiro atoms. The Morgan fingerprint density at radius 2 is 2.10 bits per heavy atom. The van der Waals surface area contributed by atoms with E-state index in [1.165, 1.54) is 0 Å². The van der Waals surface area contributed by atoms with Crippen molar-refractivity contribution in [1.82, 2.24) is 14.6 Å². The molecule has 4 nitrogen and oxygen atoms in total. The van der Waals surface area contributed by atoms with Gasteiger partial charge >= 0.3 is 0 Å². The third kappa shape index (κ3) is 1.62. The van der Waals surface area contributed by atoms with Crippen molar-refractivity contribution in [2.24, 2.45) is 0 Å². The highest BCUT2D eigenvalue weighted by Crippen LogP contribution is 2.36. The molecule has 2 aromatic heterocycles. The molecule has 20 heavy (non-hydrogen) atoms. The first-order valence-electron chi connectivity index (χ1n) is 6.37. The van der Waals surface area contributed by atoms with E-state index in [0.717, 1.165) is 33.8 Å². The number of hydrogen-bond acceptors (Lipinski definition) is 4. The fourth-order valence-electron chi connectivity index (χ4n) is 2.50. The van der Waals surface area contributed by atoms with Gasteiger partial charge in [0.05, 0.1) is 5.56 Å². The summed E-state index contributed by atoms with van der Waals surface area (Å²) in [6.45, 7) is 0. The van der Waals surface area contributed by atoms with Crippen molar-refractivity contribution in [2.75, 3.05) is 5.75 Å². The minimum absolute atomic E-state index is 0.694. The summed E-state index contributed by atoms with van der Waals surface area (Å²) in [7, 11) is 0. The molecule has 1 aliphatic heterocycles. The number of pyridine rings is 1. The van der Waals surface area contributed by atoms with E-state index >= 15 is 0 Å². The van der Waals surface area contributed by atoms with Crippen LogP contribution in [0.4, 0.5) is 0 Å². The van der Waals surface area contributed by atoms with E-state index < -0.39 is 0 Å². The number of aryl methyl sites for hydroxylation is 1. The Balaban J connectivity index is 1.99. The quantitative estimate of drug-likeness (QED) is 0.686. The summed E-state index contributed by atoms with van der Waals surface area (Å²) in [6, 6.07) is 12.2. The Labute approximate surface area is 120 Å². The number of rotatable bonds is 1. The smallest absolute Gasteiger partial charge is 0.182 e. The summed E-state index contributed by atoms with van der Waals surface area (Å²) < 4.78 is 1.74. The second-order valence-electron chi connectivity index (χ2n) is 4.63. The van der Waals surface area contributed by atoms with Gasteiger partial charge in [0.15, 0.2) is 11.5 Å². The van der Waals surface area contributed by atoms with Gasteiger partial charge in [-0.25, -0.2) is 9.50 Å². The normalized spacial score (nSPS) is 13.3. The standard InChI is InChI=1S/C15H10N4S/c16-8-11-9-19-15(12-6-7-20-13(11)12)17-14(18-19)10-4-2-1-3-5-10/h1-5,9H,6-7H2. The second-order valence-corrected chi connectivity index (χ2v) is 5.74. The summed E-state index contributed by atoms with van der Waals surface area (Å²) in [6.07, 6.45) is 2.73. The van der Waals surface area contributed by atoms with Crippen LogP contribution in [-0.2, 0) is 6.42 Å². The van der Waals surface area contributed by atoms with Crippen molar-refractivity contribution in [3.05, 3.63) is 47.7 Å². The molecule has 0 unspecified atom stereocenters.